The Morgan fingerprint density at radius 2 is 1.87 bits per heavy atom. The fourth-order valence-corrected chi connectivity index (χ4v) is 1.66. The number of carbonyl (C=O) groups is 1. The monoisotopic (exact) mass is 311 g/mol. The topological polar surface area (TPSA) is 84.2 Å². The van der Waals surface area contributed by atoms with E-state index in [-0.39, 0.29) is 0 Å². The second kappa shape index (κ2) is 6.79. The predicted molar refractivity (Wildman–Crippen MR) is 85.3 cm³/mol. The Morgan fingerprint density at radius 1 is 1.17 bits per heavy atom. The SMILES string of the molecule is CC(C)(C)OC(=O)Nc1ccc(Oc2ccc(C#N)cn2)cc1. The molecule has 0 saturated carbocycles. The molecule has 0 spiro atoms. The van der Waals surface area contributed by atoms with Crippen molar-refractivity contribution < 1.29 is 14.3 Å². The molecule has 6 heteroatoms. The fourth-order valence-electron chi connectivity index (χ4n) is 1.66. The van der Waals surface area contributed by atoms with E-state index in [2.05, 4.69) is 10.3 Å². The third-order valence-corrected chi connectivity index (χ3v) is 2.59. The van der Waals surface area contributed by atoms with Gasteiger partial charge in [-0.05, 0) is 51.1 Å². The maximum absolute atomic E-state index is 11.7. The van der Waals surface area contributed by atoms with Gasteiger partial charge in [0.05, 0.1) is 5.56 Å². The third-order valence-electron chi connectivity index (χ3n) is 2.59. The predicted octanol–water partition coefficient (Wildman–Crippen LogP) is 4.09. The van der Waals surface area contributed by atoms with E-state index in [0.717, 1.165) is 0 Å². The Hall–Kier alpha value is -3.07. The van der Waals surface area contributed by atoms with Crippen LogP contribution in [0.2, 0.25) is 0 Å². The van der Waals surface area contributed by atoms with Crippen molar-refractivity contribution in [3.05, 3.63) is 48.2 Å². The van der Waals surface area contributed by atoms with Gasteiger partial charge in [-0.25, -0.2) is 9.78 Å². The standard InChI is InChI=1S/C17H17N3O3/c1-17(2,3)23-16(21)20-13-5-7-14(8-6-13)22-15-9-4-12(10-18)11-19-15/h4-9,11H,1-3H3,(H,20,21). The number of nitrogens with zero attached hydrogens (tertiary/aromatic N) is 2. The van der Waals surface area contributed by atoms with Crippen LogP contribution in [0.3, 0.4) is 0 Å². The number of pyridine rings is 1. The van der Waals surface area contributed by atoms with E-state index >= 15 is 0 Å². The zero-order valence-corrected chi connectivity index (χ0v) is 13.2. The summed E-state index contributed by atoms with van der Waals surface area (Å²) in [5, 5.41) is 11.4. The van der Waals surface area contributed by atoms with Crippen LogP contribution in [0.4, 0.5) is 10.5 Å². The molecule has 0 radical (unpaired) electrons. The molecule has 0 atom stereocenters. The van der Waals surface area contributed by atoms with Crippen molar-refractivity contribution in [2.75, 3.05) is 5.32 Å². The highest BCUT2D eigenvalue weighted by Gasteiger charge is 2.16. The van der Waals surface area contributed by atoms with Gasteiger partial charge in [0, 0.05) is 18.0 Å². The summed E-state index contributed by atoms with van der Waals surface area (Å²) in [7, 11) is 0. The van der Waals surface area contributed by atoms with Crippen molar-refractivity contribution in [1.82, 2.24) is 4.98 Å². The minimum absolute atomic E-state index is 0.386. The van der Waals surface area contributed by atoms with Gasteiger partial charge in [0.25, 0.3) is 0 Å². The normalized spacial score (nSPS) is 10.5. The summed E-state index contributed by atoms with van der Waals surface area (Å²) < 4.78 is 10.7. The van der Waals surface area contributed by atoms with Gasteiger partial charge in [-0.15, -0.1) is 0 Å². The number of rotatable bonds is 3. The Kier molecular flexibility index (Phi) is 4.82. The van der Waals surface area contributed by atoms with Crippen molar-refractivity contribution in [3.8, 4) is 17.7 Å². The first-order valence-electron chi connectivity index (χ1n) is 7.00. The molecule has 23 heavy (non-hydrogen) atoms. The highest BCUT2D eigenvalue weighted by Crippen LogP contribution is 2.22. The van der Waals surface area contributed by atoms with Crippen LogP contribution in [-0.4, -0.2) is 16.7 Å². The summed E-state index contributed by atoms with van der Waals surface area (Å²) in [5.74, 6) is 0.953. The highest BCUT2D eigenvalue weighted by molar-refractivity contribution is 5.84. The number of ether oxygens (including phenoxy) is 2. The molecule has 0 aliphatic carbocycles. The van der Waals surface area contributed by atoms with Gasteiger partial charge in [-0.2, -0.15) is 5.26 Å². The molecule has 1 N–H and O–H groups in total. The molecule has 0 bridgehead atoms. The van der Waals surface area contributed by atoms with Gasteiger partial charge in [0.1, 0.15) is 17.4 Å². The van der Waals surface area contributed by atoms with Crippen molar-refractivity contribution in [1.29, 1.82) is 5.26 Å². The number of benzene rings is 1. The van der Waals surface area contributed by atoms with Crippen LogP contribution in [0.5, 0.6) is 11.6 Å². The van der Waals surface area contributed by atoms with Gasteiger partial charge in [-0.1, -0.05) is 0 Å². The molecule has 0 aliphatic heterocycles. The average molecular weight is 311 g/mol. The van der Waals surface area contributed by atoms with Crippen LogP contribution in [0.25, 0.3) is 0 Å². The van der Waals surface area contributed by atoms with E-state index in [9.17, 15) is 4.79 Å². The first-order valence-corrected chi connectivity index (χ1v) is 7.00. The smallest absolute Gasteiger partial charge is 0.412 e. The Balaban J connectivity index is 1.96. The van der Waals surface area contributed by atoms with Gasteiger partial charge in [-0.3, -0.25) is 5.32 Å². The molecule has 2 rings (SSSR count). The van der Waals surface area contributed by atoms with Crippen LogP contribution in [0.1, 0.15) is 26.3 Å². The molecule has 1 aromatic carbocycles. The number of amides is 1. The number of nitriles is 1. The Bertz CT molecular complexity index is 711. The molecule has 0 fully saturated rings. The molecule has 1 aromatic heterocycles. The summed E-state index contributed by atoms with van der Waals surface area (Å²) in [6.07, 6.45) is 0.924. The van der Waals surface area contributed by atoms with Gasteiger partial charge >= 0.3 is 6.09 Å². The lowest BCUT2D eigenvalue weighted by Gasteiger charge is -2.19. The first-order chi connectivity index (χ1) is 10.9. The van der Waals surface area contributed by atoms with E-state index in [1.54, 1.807) is 57.2 Å². The average Bonchev–Trinajstić information content (AvgIpc) is 2.48. The molecule has 6 nitrogen and oxygen atoms in total. The summed E-state index contributed by atoms with van der Waals surface area (Å²) >= 11 is 0. The molecule has 1 amide bonds. The lowest BCUT2D eigenvalue weighted by molar-refractivity contribution is 0.0636. The summed E-state index contributed by atoms with van der Waals surface area (Å²) in [4.78, 5) is 15.7. The molecule has 0 aliphatic rings. The van der Waals surface area contributed by atoms with Crippen LogP contribution in [0.15, 0.2) is 42.6 Å². The van der Waals surface area contributed by atoms with Crippen LogP contribution in [-0.2, 0) is 4.74 Å². The number of anilines is 1. The minimum Gasteiger partial charge on any atom is -0.444 e. The van der Waals surface area contributed by atoms with Crippen LogP contribution >= 0.6 is 0 Å². The quantitative estimate of drug-likeness (QED) is 0.922. The number of hydrogen-bond donors (Lipinski definition) is 1. The molecular weight excluding hydrogens is 294 g/mol. The maximum Gasteiger partial charge on any atom is 0.412 e. The van der Waals surface area contributed by atoms with Gasteiger partial charge < -0.3 is 9.47 Å². The zero-order valence-electron chi connectivity index (χ0n) is 13.2. The molecular formula is C17H17N3O3. The lowest BCUT2D eigenvalue weighted by Crippen LogP contribution is -2.27. The highest BCUT2D eigenvalue weighted by atomic mass is 16.6. The van der Waals surface area contributed by atoms with Crippen molar-refractivity contribution >= 4 is 11.8 Å². The molecule has 2 aromatic rings. The number of aromatic nitrogens is 1. The van der Waals surface area contributed by atoms with E-state index < -0.39 is 11.7 Å². The summed E-state index contributed by atoms with van der Waals surface area (Å²) in [6.45, 7) is 5.40. The largest absolute Gasteiger partial charge is 0.444 e. The molecule has 0 unspecified atom stereocenters. The maximum atomic E-state index is 11.7. The third kappa shape index (κ3) is 5.32. The van der Waals surface area contributed by atoms with Crippen molar-refractivity contribution in [3.63, 3.8) is 0 Å². The van der Waals surface area contributed by atoms with Gasteiger partial charge in [0.15, 0.2) is 0 Å². The Labute approximate surface area is 134 Å². The number of hydrogen-bond acceptors (Lipinski definition) is 5. The van der Waals surface area contributed by atoms with Crippen LogP contribution < -0.4 is 10.1 Å². The Morgan fingerprint density at radius 3 is 2.39 bits per heavy atom. The van der Waals surface area contributed by atoms with E-state index in [1.165, 1.54) is 6.20 Å². The van der Waals surface area contributed by atoms with E-state index in [0.29, 0.717) is 22.9 Å². The minimum atomic E-state index is -0.547. The summed E-state index contributed by atoms with van der Waals surface area (Å²) in [6, 6.07) is 12.0. The number of carbonyl (C=O) groups excluding carboxylic acids is 1. The summed E-state index contributed by atoms with van der Waals surface area (Å²) in [5.41, 5.74) is 0.516. The van der Waals surface area contributed by atoms with Crippen molar-refractivity contribution in [2.45, 2.75) is 26.4 Å². The second-order valence-corrected chi connectivity index (χ2v) is 5.75. The van der Waals surface area contributed by atoms with E-state index in [1.807, 2.05) is 6.07 Å². The van der Waals surface area contributed by atoms with Crippen molar-refractivity contribution in [2.24, 2.45) is 0 Å². The van der Waals surface area contributed by atoms with Crippen LogP contribution in [0, 0.1) is 11.3 Å². The molecule has 118 valence electrons. The zero-order chi connectivity index (χ0) is 16.9. The first kappa shape index (κ1) is 16.3. The lowest BCUT2D eigenvalue weighted by atomic mass is 10.2. The van der Waals surface area contributed by atoms with Gasteiger partial charge in [0.2, 0.25) is 5.88 Å². The second-order valence-electron chi connectivity index (χ2n) is 5.75. The molecule has 1 heterocycles. The number of nitrogens with one attached hydrogen (secondary N) is 1. The molecule has 0 saturated heterocycles. The fraction of sp³-hybridized carbons (Fsp3) is 0.235. The van der Waals surface area contributed by atoms with E-state index in [4.69, 9.17) is 14.7 Å².